The van der Waals surface area contributed by atoms with Crippen LogP contribution in [0.2, 0.25) is 0 Å². The fraction of sp³-hybridized carbons (Fsp3) is 0.500. The fourth-order valence-corrected chi connectivity index (χ4v) is 2.43. The van der Waals surface area contributed by atoms with E-state index in [9.17, 15) is 9.59 Å². The van der Waals surface area contributed by atoms with Crippen LogP contribution in [0.25, 0.3) is 0 Å². The zero-order valence-corrected chi connectivity index (χ0v) is 10.6. The predicted molar refractivity (Wildman–Crippen MR) is 65.3 cm³/mol. The molecular weight excluding hydrogens is 222 g/mol. The molecule has 3 nitrogen and oxygen atoms in total. The second-order valence-electron chi connectivity index (χ2n) is 4.18. The summed E-state index contributed by atoms with van der Waals surface area (Å²) in [7, 11) is 0. The van der Waals surface area contributed by atoms with Crippen molar-refractivity contribution in [2.45, 2.75) is 33.2 Å². The predicted octanol–water partition coefficient (Wildman–Crippen LogP) is 2.54. The molecule has 1 aromatic rings. The van der Waals surface area contributed by atoms with Crippen LogP contribution in [0.15, 0.2) is 17.5 Å². The number of rotatable bonds is 5. The Morgan fingerprint density at radius 3 is 2.56 bits per heavy atom. The molecule has 0 spiro atoms. The highest BCUT2D eigenvalue weighted by Crippen LogP contribution is 2.25. The van der Waals surface area contributed by atoms with Crippen molar-refractivity contribution in [2.24, 2.45) is 5.92 Å². The summed E-state index contributed by atoms with van der Waals surface area (Å²) in [5.74, 6) is 0.0142. The highest BCUT2D eigenvalue weighted by atomic mass is 32.1. The van der Waals surface area contributed by atoms with E-state index in [1.165, 1.54) is 6.92 Å². The lowest BCUT2D eigenvalue weighted by atomic mass is 10.0. The van der Waals surface area contributed by atoms with Gasteiger partial charge in [0, 0.05) is 4.88 Å². The third-order valence-corrected chi connectivity index (χ3v) is 3.20. The van der Waals surface area contributed by atoms with Crippen LogP contribution >= 0.6 is 11.3 Å². The van der Waals surface area contributed by atoms with Gasteiger partial charge in [-0.3, -0.25) is 9.59 Å². The van der Waals surface area contributed by atoms with Crippen molar-refractivity contribution in [3.8, 4) is 0 Å². The Bertz CT molecular complexity index is 357. The van der Waals surface area contributed by atoms with Gasteiger partial charge in [-0.15, -0.1) is 11.3 Å². The summed E-state index contributed by atoms with van der Waals surface area (Å²) in [6.07, 6.45) is -0.0331. The molecule has 0 saturated heterocycles. The molecule has 4 heteroatoms. The van der Waals surface area contributed by atoms with Gasteiger partial charge in [0.05, 0.1) is 12.5 Å². The Hall–Kier alpha value is -1.16. The number of nitrogens with one attached hydrogen (secondary N) is 1. The number of carbonyl (C=O) groups excluding carboxylic acids is 2. The minimum absolute atomic E-state index is 0.00634. The van der Waals surface area contributed by atoms with E-state index in [0.29, 0.717) is 5.92 Å². The zero-order valence-electron chi connectivity index (χ0n) is 9.82. The summed E-state index contributed by atoms with van der Waals surface area (Å²) < 4.78 is 0. The van der Waals surface area contributed by atoms with Gasteiger partial charge in [0.1, 0.15) is 5.78 Å². The Morgan fingerprint density at radius 1 is 1.44 bits per heavy atom. The quantitative estimate of drug-likeness (QED) is 0.803. The minimum atomic E-state index is -0.195. The molecule has 0 bridgehead atoms. The van der Waals surface area contributed by atoms with Gasteiger partial charge in [0.25, 0.3) is 0 Å². The molecule has 0 aliphatic heterocycles. The normalized spacial score (nSPS) is 12.5. The maximum Gasteiger partial charge on any atom is 0.227 e. The largest absolute Gasteiger partial charge is 0.348 e. The molecular formula is C12H17NO2S. The lowest BCUT2D eigenvalue weighted by Crippen LogP contribution is -2.32. The molecule has 1 unspecified atom stereocenters. The maximum atomic E-state index is 11.5. The number of thiophene rings is 1. The third kappa shape index (κ3) is 3.77. The number of hydrogen-bond acceptors (Lipinski definition) is 3. The lowest BCUT2D eigenvalue weighted by Gasteiger charge is -2.20. The van der Waals surface area contributed by atoms with Gasteiger partial charge in [-0.1, -0.05) is 19.9 Å². The van der Waals surface area contributed by atoms with Crippen molar-refractivity contribution >= 4 is 23.0 Å². The van der Waals surface area contributed by atoms with E-state index in [1.54, 1.807) is 11.3 Å². The number of ketones is 1. The van der Waals surface area contributed by atoms with Crippen molar-refractivity contribution < 1.29 is 9.59 Å². The number of Topliss-reactive ketones (excluding diaryl/α,β-unsaturated/α-hetero) is 1. The molecule has 16 heavy (non-hydrogen) atoms. The van der Waals surface area contributed by atoms with Crippen molar-refractivity contribution in [1.82, 2.24) is 5.32 Å². The molecule has 88 valence electrons. The molecule has 1 atom stereocenters. The van der Waals surface area contributed by atoms with Gasteiger partial charge < -0.3 is 5.32 Å². The van der Waals surface area contributed by atoms with E-state index in [-0.39, 0.29) is 24.2 Å². The first-order valence-corrected chi connectivity index (χ1v) is 6.21. The minimum Gasteiger partial charge on any atom is -0.348 e. The molecule has 0 aliphatic carbocycles. The summed E-state index contributed by atoms with van der Waals surface area (Å²) >= 11 is 1.62. The van der Waals surface area contributed by atoms with Crippen LogP contribution in [0.3, 0.4) is 0 Å². The van der Waals surface area contributed by atoms with Crippen LogP contribution in [0, 0.1) is 5.92 Å². The molecule has 1 N–H and O–H groups in total. The van der Waals surface area contributed by atoms with E-state index in [2.05, 4.69) is 19.2 Å². The Balaban J connectivity index is 2.66. The van der Waals surface area contributed by atoms with Gasteiger partial charge in [-0.05, 0) is 24.3 Å². The van der Waals surface area contributed by atoms with Gasteiger partial charge >= 0.3 is 0 Å². The molecule has 0 aromatic carbocycles. The highest BCUT2D eigenvalue weighted by molar-refractivity contribution is 7.10. The van der Waals surface area contributed by atoms with Crippen molar-refractivity contribution in [2.75, 3.05) is 0 Å². The Morgan fingerprint density at radius 2 is 2.12 bits per heavy atom. The average Bonchev–Trinajstić information content (AvgIpc) is 2.64. The van der Waals surface area contributed by atoms with Crippen LogP contribution < -0.4 is 5.32 Å². The molecule has 1 rings (SSSR count). The number of amides is 1. The standard InChI is InChI=1S/C12H17NO2S/c1-8(2)12(10-5-4-6-16-10)13-11(15)7-9(3)14/h4-6,8,12H,7H2,1-3H3,(H,13,15). The molecule has 0 saturated carbocycles. The second kappa shape index (κ2) is 5.80. The first-order valence-electron chi connectivity index (χ1n) is 5.33. The van der Waals surface area contributed by atoms with Gasteiger partial charge in [-0.25, -0.2) is 0 Å². The van der Waals surface area contributed by atoms with E-state index in [4.69, 9.17) is 0 Å². The molecule has 1 aromatic heterocycles. The fourth-order valence-electron chi connectivity index (χ4n) is 1.49. The average molecular weight is 239 g/mol. The van der Waals surface area contributed by atoms with Gasteiger partial charge in [0.2, 0.25) is 5.91 Å². The topological polar surface area (TPSA) is 46.2 Å². The monoisotopic (exact) mass is 239 g/mol. The Labute approximate surface area is 99.9 Å². The molecule has 1 heterocycles. The summed E-state index contributed by atoms with van der Waals surface area (Å²) in [4.78, 5) is 23.5. The first-order chi connectivity index (χ1) is 7.50. The molecule has 0 aliphatic rings. The number of carbonyl (C=O) groups is 2. The van der Waals surface area contributed by atoms with Crippen LogP contribution in [0.4, 0.5) is 0 Å². The van der Waals surface area contributed by atoms with Crippen molar-refractivity contribution in [1.29, 1.82) is 0 Å². The maximum absolute atomic E-state index is 11.5. The lowest BCUT2D eigenvalue weighted by molar-refractivity contribution is -0.127. The summed E-state index contributed by atoms with van der Waals surface area (Å²) in [5.41, 5.74) is 0. The van der Waals surface area contributed by atoms with E-state index >= 15 is 0 Å². The van der Waals surface area contributed by atoms with E-state index in [1.807, 2.05) is 17.5 Å². The zero-order chi connectivity index (χ0) is 12.1. The number of hydrogen-bond donors (Lipinski definition) is 1. The van der Waals surface area contributed by atoms with Crippen LogP contribution in [-0.4, -0.2) is 11.7 Å². The van der Waals surface area contributed by atoms with Gasteiger partial charge in [0.15, 0.2) is 0 Å². The van der Waals surface area contributed by atoms with E-state index < -0.39 is 0 Å². The van der Waals surface area contributed by atoms with Gasteiger partial charge in [-0.2, -0.15) is 0 Å². The summed E-state index contributed by atoms with van der Waals surface area (Å²) in [6, 6.07) is 3.97. The van der Waals surface area contributed by atoms with Crippen molar-refractivity contribution in [3.63, 3.8) is 0 Å². The summed E-state index contributed by atoms with van der Waals surface area (Å²) in [6.45, 7) is 5.53. The van der Waals surface area contributed by atoms with E-state index in [0.717, 1.165) is 4.88 Å². The molecule has 0 radical (unpaired) electrons. The molecule has 0 fully saturated rings. The SMILES string of the molecule is CC(=O)CC(=O)NC(c1cccs1)C(C)C. The summed E-state index contributed by atoms with van der Waals surface area (Å²) in [5, 5.41) is 4.89. The van der Waals surface area contributed by atoms with Crippen LogP contribution in [0.1, 0.15) is 38.1 Å². The van der Waals surface area contributed by atoms with Crippen LogP contribution in [0.5, 0.6) is 0 Å². The second-order valence-corrected chi connectivity index (χ2v) is 5.16. The highest BCUT2D eigenvalue weighted by Gasteiger charge is 2.19. The molecule has 1 amide bonds. The third-order valence-electron chi connectivity index (χ3n) is 2.24. The smallest absolute Gasteiger partial charge is 0.227 e. The first kappa shape index (κ1) is 12.9. The van der Waals surface area contributed by atoms with Crippen molar-refractivity contribution in [3.05, 3.63) is 22.4 Å². The van der Waals surface area contributed by atoms with Crippen LogP contribution in [-0.2, 0) is 9.59 Å². The Kier molecular flexibility index (Phi) is 4.68.